The molecule has 1 aromatic rings. The highest BCUT2D eigenvalue weighted by Gasteiger charge is 2.47. The number of hydrogen-bond acceptors (Lipinski definition) is 2. The molecule has 5 atom stereocenters. The van der Waals surface area contributed by atoms with Crippen LogP contribution in [0, 0.1) is 23.7 Å². The maximum absolute atomic E-state index is 12.8. The number of amides is 1. The summed E-state index contributed by atoms with van der Waals surface area (Å²) in [5.41, 5.74) is 1.14. The van der Waals surface area contributed by atoms with Crippen molar-refractivity contribution < 1.29 is 9.90 Å². The molecule has 1 fully saturated rings. The number of allylic oxidation sites excluding steroid dienone is 2. The maximum atomic E-state index is 12.8. The van der Waals surface area contributed by atoms with Crippen LogP contribution in [0.2, 0.25) is 0 Å². The highest BCUT2D eigenvalue weighted by Crippen LogP contribution is 2.49. The van der Waals surface area contributed by atoms with Gasteiger partial charge in [0.25, 0.3) is 0 Å². The van der Waals surface area contributed by atoms with E-state index in [-0.39, 0.29) is 24.5 Å². The quantitative estimate of drug-likeness (QED) is 0.760. The van der Waals surface area contributed by atoms with Crippen LogP contribution in [-0.2, 0) is 11.2 Å². The van der Waals surface area contributed by atoms with Crippen LogP contribution in [0.25, 0.3) is 0 Å². The Balaban J connectivity index is 1.64. The molecule has 1 amide bonds. The van der Waals surface area contributed by atoms with Crippen LogP contribution >= 0.6 is 0 Å². The van der Waals surface area contributed by atoms with E-state index in [1.54, 1.807) is 0 Å². The van der Waals surface area contributed by atoms with Gasteiger partial charge in [0.05, 0.1) is 12.6 Å². The maximum Gasteiger partial charge on any atom is 0.224 e. The fraction of sp³-hybridized carbons (Fsp3) is 0.550. The normalized spacial score (nSPS) is 29.7. The molecule has 3 rings (SSSR count). The Morgan fingerprint density at radius 3 is 2.70 bits per heavy atom. The molecule has 0 radical (unpaired) electrons. The Kier molecular flexibility index (Phi) is 5.16. The fourth-order valence-corrected chi connectivity index (χ4v) is 4.40. The molecule has 2 bridgehead atoms. The van der Waals surface area contributed by atoms with Crippen LogP contribution in [0.1, 0.15) is 31.7 Å². The summed E-state index contributed by atoms with van der Waals surface area (Å²) < 4.78 is 0. The third-order valence-electron chi connectivity index (χ3n) is 5.44. The zero-order valence-electron chi connectivity index (χ0n) is 13.8. The molecule has 23 heavy (non-hydrogen) atoms. The smallest absolute Gasteiger partial charge is 0.224 e. The predicted molar refractivity (Wildman–Crippen MR) is 91.8 cm³/mol. The molecule has 3 nitrogen and oxygen atoms in total. The van der Waals surface area contributed by atoms with Gasteiger partial charge in [-0.25, -0.2) is 0 Å². The first-order chi connectivity index (χ1) is 11.2. The third-order valence-corrected chi connectivity index (χ3v) is 5.44. The first-order valence-electron chi connectivity index (χ1n) is 8.86. The molecule has 0 aromatic heterocycles. The SMILES string of the molecule is CCC[C@H]1[C@H](C(=O)N[C@H](CO)Cc2ccccc2)[C@@H]2C=C[C@H]1C2. The van der Waals surface area contributed by atoms with Gasteiger partial charge in [-0.1, -0.05) is 55.8 Å². The van der Waals surface area contributed by atoms with Crippen molar-refractivity contribution in [3.63, 3.8) is 0 Å². The summed E-state index contributed by atoms with van der Waals surface area (Å²) >= 11 is 0. The molecule has 1 saturated carbocycles. The van der Waals surface area contributed by atoms with Gasteiger partial charge in [-0.05, 0) is 42.6 Å². The van der Waals surface area contributed by atoms with E-state index in [9.17, 15) is 9.90 Å². The highest BCUT2D eigenvalue weighted by atomic mass is 16.3. The van der Waals surface area contributed by atoms with Crippen LogP contribution < -0.4 is 5.32 Å². The molecule has 2 N–H and O–H groups in total. The second-order valence-electron chi connectivity index (χ2n) is 7.00. The second-order valence-corrected chi connectivity index (χ2v) is 7.00. The standard InChI is InChI=1S/C20H27NO2/c1-2-6-18-15-9-10-16(12-15)19(18)20(23)21-17(13-22)11-14-7-4-3-5-8-14/h3-5,7-10,15-19,22H,2,6,11-13H2,1H3,(H,21,23)/t15-,16+,17-,18+,19+/m0/s1. The molecule has 0 spiro atoms. The first kappa shape index (κ1) is 16.3. The molecule has 1 aromatic carbocycles. The van der Waals surface area contributed by atoms with Crippen LogP contribution in [0.3, 0.4) is 0 Å². The lowest BCUT2D eigenvalue weighted by Crippen LogP contribution is -2.45. The average Bonchev–Trinajstić information content (AvgIpc) is 3.17. The Bertz CT molecular complexity index is 554. The Hall–Kier alpha value is -1.61. The van der Waals surface area contributed by atoms with Crippen LogP contribution in [-0.4, -0.2) is 23.7 Å². The van der Waals surface area contributed by atoms with Crippen molar-refractivity contribution in [3.8, 4) is 0 Å². The zero-order valence-corrected chi connectivity index (χ0v) is 13.8. The third kappa shape index (κ3) is 3.50. The molecule has 2 aliphatic rings. The summed E-state index contributed by atoms with van der Waals surface area (Å²) in [6.45, 7) is 2.17. The number of aliphatic hydroxyl groups is 1. The number of benzene rings is 1. The van der Waals surface area contributed by atoms with E-state index >= 15 is 0 Å². The molecule has 2 aliphatic carbocycles. The number of carbonyl (C=O) groups excluding carboxylic acids is 1. The Labute approximate surface area is 138 Å². The van der Waals surface area contributed by atoms with E-state index in [0.29, 0.717) is 24.2 Å². The van der Waals surface area contributed by atoms with Crippen LogP contribution in [0.5, 0.6) is 0 Å². The molecule has 3 heteroatoms. The number of nitrogens with one attached hydrogen (secondary N) is 1. The molecular weight excluding hydrogens is 286 g/mol. The van der Waals surface area contributed by atoms with E-state index in [2.05, 4.69) is 24.4 Å². The number of hydrogen-bond donors (Lipinski definition) is 2. The molecular formula is C20H27NO2. The molecule has 0 unspecified atom stereocenters. The average molecular weight is 313 g/mol. The molecule has 0 heterocycles. The number of rotatable bonds is 7. The molecule has 0 aliphatic heterocycles. The minimum atomic E-state index is -0.199. The monoisotopic (exact) mass is 313 g/mol. The summed E-state index contributed by atoms with van der Waals surface area (Å²) in [6, 6.07) is 9.83. The summed E-state index contributed by atoms with van der Waals surface area (Å²) in [4.78, 5) is 12.8. The van der Waals surface area contributed by atoms with Crippen molar-refractivity contribution in [2.24, 2.45) is 23.7 Å². The number of fused-ring (bicyclic) bond motifs is 2. The Morgan fingerprint density at radius 2 is 2.00 bits per heavy atom. The van der Waals surface area contributed by atoms with E-state index in [4.69, 9.17) is 0 Å². The fourth-order valence-electron chi connectivity index (χ4n) is 4.40. The first-order valence-corrected chi connectivity index (χ1v) is 8.86. The van der Waals surface area contributed by atoms with Gasteiger partial charge in [0, 0.05) is 5.92 Å². The number of aliphatic hydroxyl groups excluding tert-OH is 1. The van der Waals surface area contributed by atoms with Gasteiger partial charge in [0.15, 0.2) is 0 Å². The predicted octanol–water partition coefficient (Wildman–Crippen LogP) is 2.94. The van der Waals surface area contributed by atoms with Gasteiger partial charge < -0.3 is 10.4 Å². The molecule has 0 saturated heterocycles. The van der Waals surface area contributed by atoms with Gasteiger partial charge in [-0.15, -0.1) is 0 Å². The lowest BCUT2D eigenvalue weighted by atomic mass is 9.79. The van der Waals surface area contributed by atoms with Crippen molar-refractivity contribution in [3.05, 3.63) is 48.0 Å². The molecule has 124 valence electrons. The topological polar surface area (TPSA) is 49.3 Å². The van der Waals surface area contributed by atoms with Crippen molar-refractivity contribution >= 4 is 5.91 Å². The summed E-state index contributed by atoms with van der Waals surface area (Å²) in [5.74, 6) is 1.68. The summed E-state index contributed by atoms with van der Waals surface area (Å²) in [5, 5.41) is 12.8. The van der Waals surface area contributed by atoms with E-state index in [1.807, 2.05) is 30.3 Å². The lowest BCUT2D eigenvalue weighted by molar-refractivity contribution is -0.128. The second kappa shape index (κ2) is 7.31. The van der Waals surface area contributed by atoms with Crippen molar-refractivity contribution in [2.75, 3.05) is 6.61 Å². The van der Waals surface area contributed by atoms with Crippen molar-refractivity contribution in [2.45, 2.75) is 38.6 Å². The van der Waals surface area contributed by atoms with Crippen molar-refractivity contribution in [1.82, 2.24) is 5.32 Å². The minimum absolute atomic E-state index is 0.0181. The van der Waals surface area contributed by atoms with Gasteiger partial charge in [0.2, 0.25) is 5.91 Å². The van der Waals surface area contributed by atoms with E-state index in [0.717, 1.165) is 24.8 Å². The summed E-state index contributed by atoms with van der Waals surface area (Å²) in [6.07, 6.45) is 8.59. The largest absolute Gasteiger partial charge is 0.394 e. The Morgan fingerprint density at radius 1 is 1.26 bits per heavy atom. The van der Waals surface area contributed by atoms with E-state index < -0.39 is 0 Å². The van der Waals surface area contributed by atoms with Crippen LogP contribution in [0.4, 0.5) is 0 Å². The van der Waals surface area contributed by atoms with Gasteiger partial charge in [0.1, 0.15) is 0 Å². The van der Waals surface area contributed by atoms with Gasteiger partial charge in [-0.2, -0.15) is 0 Å². The van der Waals surface area contributed by atoms with Crippen LogP contribution in [0.15, 0.2) is 42.5 Å². The minimum Gasteiger partial charge on any atom is -0.394 e. The van der Waals surface area contributed by atoms with Crippen molar-refractivity contribution in [1.29, 1.82) is 0 Å². The number of carbonyl (C=O) groups is 1. The van der Waals surface area contributed by atoms with Gasteiger partial charge >= 0.3 is 0 Å². The zero-order chi connectivity index (χ0) is 16.2. The highest BCUT2D eigenvalue weighted by molar-refractivity contribution is 5.80. The summed E-state index contributed by atoms with van der Waals surface area (Å²) in [7, 11) is 0. The van der Waals surface area contributed by atoms with E-state index in [1.165, 1.54) is 0 Å². The van der Waals surface area contributed by atoms with Gasteiger partial charge in [-0.3, -0.25) is 4.79 Å². The lowest BCUT2D eigenvalue weighted by Gasteiger charge is -2.28.